The fourth-order valence-electron chi connectivity index (χ4n) is 1.60. The van der Waals surface area contributed by atoms with Crippen molar-refractivity contribution in [2.75, 3.05) is 31.3 Å². The number of methoxy groups -OCH3 is 1. The van der Waals surface area contributed by atoms with Crippen LogP contribution in [0.15, 0.2) is 12.1 Å². The second kappa shape index (κ2) is 5.98. The van der Waals surface area contributed by atoms with E-state index in [1.807, 2.05) is 0 Å². The summed E-state index contributed by atoms with van der Waals surface area (Å²) in [6.45, 7) is 2.09. The van der Waals surface area contributed by atoms with Gasteiger partial charge in [-0.15, -0.1) is 0 Å². The van der Waals surface area contributed by atoms with Crippen LogP contribution in [0.3, 0.4) is 0 Å². The highest BCUT2D eigenvalue weighted by molar-refractivity contribution is 5.72. The molecule has 0 aromatic carbocycles. The highest BCUT2D eigenvalue weighted by Crippen LogP contribution is 2.22. The first-order valence-electron chi connectivity index (χ1n) is 5.56. The normalized spacial score (nSPS) is 11.7. The molecule has 104 valence electrons. The molecule has 19 heavy (non-hydrogen) atoms. The van der Waals surface area contributed by atoms with Gasteiger partial charge in [-0.1, -0.05) is 6.92 Å². The minimum Gasteiger partial charge on any atom is -0.469 e. The van der Waals surface area contributed by atoms with Gasteiger partial charge < -0.3 is 15.4 Å². The molecule has 0 aliphatic rings. The van der Waals surface area contributed by atoms with Gasteiger partial charge in [-0.05, 0) is 6.07 Å². The van der Waals surface area contributed by atoms with Crippen molar-refractivity contribution in [3.8, 4) is 0 Å². The molecule has 0 bridgehead atoms. The van der Waals surface area contributed by atoms with E-state index in [0.717, 1.165) is 0 Å². The number of hydrogen-bond donors (Lipinski definition) is 1. The molecular formula is C11H16N4O4. The number of nitrogen functional groups attached to an aromatic ring is 1. The molecule has 1 atom stereocenters. The molecule has 8 heteroatoms. The monoisotopic (exact) mass is 268 g/mol. The molecule has 2 N–H and O–H groups in total. The Morgan fingerprint density at radius 1 is 1.63 bits per heavy atom. The van der Waals surface area contributed by atoms with E-state index in [1.165, 1.54) is 19.2 Å². The first-order chi connectivity index (χ1) is 8.86. The standard InChI is InChI=1S/C11H16N4O4/c1-7(11(16)19-3)6-14(2)9-5-4-8(15(17)18)10(12)13-9/h4-5,7H,6H2,1-3H3,(H2,12,13). The molecule has 0 aliphatic carbocycles. The van der Waals surface area contributed by atoms with Gasteiger partial charge in [-0.2, -0.15) is 0 Å². The van der Waals surface area contributed by atoms with E-state index in [0.29, 0.717) is 12.4 Å². The highest BCUT2D eigenvalue weighted by atomic mass is 16.6. The fourth-order valence-corrected chi connectivity index (χ4v) is 1.60. The van der Waals surface area contributed by atoms with Gasteiger partial charge in [-0.25, -0.2) is 4.98 Å². The van der Waals surface area contributed by atoms with Crippen molar-refractivity contribution in [2.45, 2.75) is 6.92 Å². The van der Waals surface area contributed by atoms with Crippen LogP contribution < -0.4 is 10.6 Å². The third-order valence-electron chi connectivity index (χ3n) is 2.63. The summed E-state index contributed by atoms with van der Waals surface area (Å²) in [6.07, 6.45) is 0. The number of nitro groups is 1. The van der Waals surface area contributed by atoms with Crippen molar-refractivity contribution in [1.82, 2.24) is 4.98 Å². The topological polar surface area (TPSA) is 112 Å². The molecule has 0 aliphatic heterocycles. The number of hydrogen-bond acceptors (Lipinski definition) is 7. The molecule has 0 saturated heterocycles. The lowest BCUT2D eigenvalue weighted by atomic mass is 10.2. The van der Waals surface area contributed by atoms with Crippen molar-refractivity contribution >= 4 is 23.3 Å². The minimum atomic E-state index is -0.594. The zero-order chi connectivity index (χ0) is 14.6. The lowest BCUT2D eigenvalue weighted by Crippen LogP contribution is -2.29. The number of ether oxygens (including phenoxy) is 1. The molecule has 0 amide bonds. The Morgan fingerprint density at radius 2 is 2.26 bits per heavy atom. The number of aromatic nitrogens is 1. The van der Waals surface area contributed by atoms with Crippen molar-refractivity contribution in [2.24, 2.45) is 5.92 Å². The van der Waals surface area contributed by atoms with Gasteiger partial charge in [0.15, 0.2) is 0 Å². The number of carbonyl (C=O) groups is 1. The molecule has 8 nitrogen and oxygen atoms in total. The number of esters is 1. The Balaban J connectivity index is 2.83. The number of carbonyl (C=O) groups excluding carboxylic acids is 1. The van der Waals surface area contributed by atoms with E-state index in [-0.39, 0.29) is 23.4 Å². The van der Waals surface area contributed by atoms with Gasteiger partial charge in [0.2, 0.25) is 5.82 Å². The summed E-state index contributed by atoms with van der Waals surface area (Å²) in [6, 6.07) is 2.77. The van der Waals surface area contributed by atoms with Gasteiger partial charge in [0, 0.05) is 19.7 Å². The quantitative estimate of drug-likeness (QED) is 0.478. The smallest absolute Gasteiger partial charge is 0.311 e. The fraction of sp³-hybridized carbons (Fsp3) is 0.455. The Kier molecular flexibility index (Phi) is 4.62. The number of nitrogens with zero attached hydrogens (tertiary/aromatic N) is 3. The summed E-state index contributed by atoms with van der Waals surface area (Å²) in [5.74, 6) is -0.367. The SMILES string of the molecule is COC(=O)C(C)CN(C)c1ccc([N+](=O)[O-])c(N)n1. The lowest BCUT2D eigenvalue weighted by Gasteiger charge is -2.21. The first-order valence-corrected chi connectivity index (χ1v) is 5.56. The number of rotatable bonds is 5. The molecule has 1 unspecified atom stereocenters. The van der Waals surface area contributed by atoms with Crippen molar-refractivity contribution in [1.29, 1.82) is 0 Å². The second-order valence-corrected chi connectivity index (χ2v) is 4.14. The van der Waals surface area contributed by atoms with E-state index in [4.69, 9.17) is 5.73 Å². The van der Waals surface area contributed by atoms with E-state index >= 15 is 0 Å². The van der Waals surface area contributed by atoms with Crippen LogP contribution in [0.2, 0.25) is 0 Å². The predicted octanol–water partition coefficient (Wildman–Crippen LogP) is 0.817. The summed E-state index contributed by atoms with van der Waals surface area (Å²) in [4.78, 5) is 27.0. The molecule has 1 heterocycles. The third-order valence-corrected chi connectivity index (χ3v) is 2.63. The van der Waals surface area contributed by atoms with E-state index < -0.39 is 4.92 Å². The summed E-state index contributed by atoms with van der Waals surface area (Å²) in [5, 5.41) is 10.6. The molecule has 0 spiro atoms. The van der Waals surface area contributed by atoms with Crippen molar-refractivity contribution in [3.05, 3.63) is 22.2 Å². The van der Waals surface area contributed by atoms with E-state index in [2.05, 4.69) is 9.72 Å². The average molecular weight is 268 g/mol. The van der Waals surface area contributed by atoms with Gasteiger partial charge >= 0.3 is 11.7 Å². The summed E-state index contributed by atoms with van der Waals surface area (Å²) < 4.78 is 4.62. The molecule has 1 rings (SSSR count). The second-order valence-electron chi connectivity index (χ2n) is 4.14. The highest BCUT2D eigenvalue weighted by Gasteiger charge is 2.18. The van der Waals surface area contributed by atoms with Gasteiger partial charge in [0.25, 0.3) is 0 Å². The molecular weight excluding hydrogens is 252 g/mol. The van der Waals surface area contributed by atoms with Gasteiger partial charge in [0.05, 0.1) is 18.0 Å². The van der Waals surface area contributed by atoms with Crippen molar-refractivity contribution in [3.63, 3.8) is 0 Å². The molecule has 0 saturated carbocycles. The van der Waals surface area contributed by atoms with Crippen LogP contribution in [-0.2, 0) is 9.53 Å². The molecule has 0 radical (unpaired) electrons. The van der Waals surface area contributed by atoms with Gasteiger partial charge in [-0.3, -0.25) is 14.9 Å². The maximum absolute atomic E-state index is 11.3. The minimum absolute atomic E-state index is 0.153. The van der Waals surface area contributed by atoms with Crippen LogP contribution in [0.25, 0.3) is 0 Å². The summed E-state index contributed by atoms with van der Waals surface area (Å²) in [5.41, 5.74) is 5.27. The molecule has 1 aromatic heterocycles. The first kappa shape index (κ1) is 14.7. The maximum Gasteiger partial charge on any atom is 0.311 e. The number of anilines is 2. The van der Waals surface area contributed by atoms with Crippen LogP contribution in [0.4, 0.5) is 17.3 Å². The van der Waals surface area contributed by atoms with Crippen molar-refractivity contribution < 1.29 is 14.5 Å². The predicted molar refractivity (Wildman–Crippen MR) is 69.8 cm³/mol. The Hall–Kier alpha value is -2.38. The third kappa shape index (κ3) is 3.54. The number of pyridine rings is 1. The summed E-state index contributed by atoms with van der Waals surface area (Å²) in [7, 11) is 3.04. The number of nitrogens with two attached hydrogens (primary N) is 1. The lowest BCUT2D eigenvalue weighted by molar-refractivity contribution is -0.384. The average Bonchev–Trinajstić information content (AvgIpc) is 2.36. The summed E-state index contributed by atoms with van der Waals surface area (Å²) >= 11 is 0. The molecule has 1 aromatic rings. The zero-order valence-electron chi connectivity index (χ0n) is 11.0. The maximum atomic E-state index is 11.3. The van der Waals surface area contributed by atoms with Crippen LogP contribution >= 0.6 is 0 Å². The van der Waals surface area contributed by atoms with E-state index in [1.54, 1.807) is 18.9 Å². The Labute approximate surface area is 110 Å². The molecule has 0 fully saturated rings. The Bertz CT molecular complexity index is 492. The Morgan fingerprint density at radius 3 is 2.74 bits per heavy atom. The van der Waals surface area contributed by atoms with Crippen LogP contribution in [0.5, 0.6) is 0 Å². The van der Waals surface area contributed by atoms with Gasteiger partial charge in [0.1, 0.15) is 5.82 Å². The van der Waals surface area contributed by atoms with E-state index in [9.17, 15) is 14.9 Å². The zero-order valence-corrected chi connectivity index (χ0v) is 11.0. The largest absolute Gasteiger partial charge is 0.469 e. The van der Waals surface area contributed by atoms with Crippen LogP contribution in [-0.4, -0.2) is 36.6 Å². The van der Waals surface area contributed by atoms with Crippen LogP contribution in [0.1, 0.15) is 6.92 Å². The van der Waals surface area contributed by atoms with Crippen LogP contribution in [0, 0.1) is 16.0 Å².